The first-order chi connectivity index (χ1) is 8.02. The van der Waals surface area contributed by atoms with Gasteiger partial charge in [-0.3, -0.25) is 0 Å². The van der Waals surface area contributed by atoms with Gasteiger partial charge in [0.15, 0.2) is 0 Å². The first-order valence-electron chi connectivity index (χ1n) is 5.78. The van der Waals surface area contributed by atoms with Crippen LogP contribution in [0.3, 0.4) is 0 Å². The fraction of sp³-hybridized carbons (Fsp3) is 0.357. The number of rotatable bonds is 2. The Morgan fingerprint density at radius 2 is 1.82 bits per heavy atom. The Bertz CT molecular complexity index is 495. The topological polar surface area (TPSA) is 38.9 Å². The van der Waals surface area contributed by atoms with Crippen molar-refractivity contribution >= 4 is 11.3 Å². The predicted molar refractivity (Wildman–Crippen MR) is 74.1 cm³/mol. The first kappa shape index (κ1) is 12.3. The first-order valence-corrected chi connectivity index (χ1v) is 6.59. The van der Waals surface area contributed by atoms with Gasteiger partial charge in [0.05, 0.1) is 10.7 Å². The molecule has 2 nitrogen and oxygen atoms in total. The molecular formula is C14H18N2S. The van der Waals surface area contributed by atoms with Gasteiger partial charge in [-0.2, -0.15) is 0 Å². The standard InChI is InChI=1S/C14H18N2S/c1-14(2,3)13-16-12(11(9-15)17-13)10-7-5-4-6-8-10/h4-8H,9,15H2,1-3H3. The fourth-order valence-electron chi connectivity index (χ4n) is 1.63. The van der Waals surface area contributed by atoms with E-state index < -0.39 is 0 Å². The Kier molecular flexibility index (Phi) is 3.31. The Morgan fingerprint density at radius 3 is 2.35 bits per heavy atom. The summed E-state index contributed by atoms with van der Waals surface area (Å²) in [4.78, 5) is 5.93. The number of hydrogen-bond acceptors (Lipinski definition) is 3. The molecule has 0 atom stereocenters. The molecule has 0 radical (unpaired) electrons. The molecule has 2 N–H and O–H groups in total. The van der Waals surface area contributed by atoms with Crippen molar-refractivity contribution in [3.8, 4) is 11.3 Å². The molecule has 90 valence electrons. The summed E-state index contributed by atoms with van der Waals surface area (Å²) in [5, 5.41) is 1.15. The van der Waals surface area contributed by atoms with Crippen LogP contribution in [0.25, 0.3) is 11.3 Å². The molecule has 1 heterocycles. The molecular weight excluding hydrogens is 228 g/mol. The average molecular weight is 246 g/mol. The van der Waals surface area contributed by atoms with Crippen molar-refractivity contribution in [3.05, 3.63) is 40.2 Å². The second-order valence-electron chi connectivity index (χ2n) is 5.11. The Balaban J connectivity index is 2.51. The van der Waals surface area contributed by atoms with Gasteiger partial charge in [0, 0.05) is 22.4 Å². The van der Waals surface area contributed by atoms with E-state index in [1.807, 2.05) is 18.2 Å². The van der Waals surface area contributed by atoms with Crippen LogP contribution in [0.5, 0.6) is 0 Å². The number of nitrogens with two attached hydrogens (primary N) is 1. The maximum atomic E-state index is 5.82. The number of aromatic nitrogens is 1. The molecule has 0 bridgehead atoms. The highest BCUT2D eigenvalue weighted by molar-refractivity contribution is 7.12. The van der Waals surface area contributed by atoms with Gasteiger partial charge >= 0.3 is 0 Å². The van der Waals surface area contributed by atoms with Gasteiger partial charge in [-0.15, -0.1) is 11.3 Å². The third-order valence-electron chi connectivity index (χ3n) is 2.57. The van der Waals surface area contributed by atoms with E-state index in [1.54, 1.807) is 11.3 Å². The van der Waals surface area contributed by atoms with Crippen molar-refractivity contribution in [1.29, 1.82) is 0 Å². The van der Waals surface area contributed by atoms with E-state index in [9.17, 15) is 0 Å². The maximum absolute atomic E-state index is 5.82. The SMILES string of the molecule is CC(C)(C)c1nc(-c2ccccc2)c(CN)s1. The number of thiazole rings is 1. The second kappa shape index (κ2) is 4.59. The van der Waals surface area contributed by atoms with Gasteiger partial charge < -0.3 is 5.73 Å². The van der Waals surface area contributed by atoms with E-state index in [0.717, 1.165) is 16.3 Å². The molecule has 3 heteroatoms. The Labute approximate surface area is 107 Å². The molecule has 0 fully saturated rings. The van der Waals surface area contributed by atoms with E-state index >= 15 is 0 Å². The monoisotopic (exact) mass is 246 g/mol. The van der Waals surface area contributed by atoms with E-state index in [0.29, 0.717) is 6.54 Å². The van der Waals surface area contributed by atoms with E-state index in [1.165, 1.54) is 4.88 Å². The predicted octanol–water partition coefficient (Wildman–Crippen LogP) is 3.57. The smallest absolute Gasteiger partial charge is 0.0989 e. The van der Waals surface area contributed by atoms with E-state index in [4.69, 9.17) is 10.7 Å². The van der Waals surface area contributed by atoms with Gasteiger partial charge in [-0.25, -0.2) is 4.98 Å². The van der Waals surface area contributed by atoms with Crippen LogP contribution in [-0.2, 0) is 12.0 Å². The lowest BCUT2D eigenvalue weighted by Crippen LogP contribution is -2.10. The van der Waals surface area contributed by atoms with Crippen LogP contribution in [0.4, 0.5) is 0 Å². The van der Waals surface area contributed by atoms with Gasteiger partial charge in [0.2, 0.25) is 0 Å². The lowest BCUT2D eigenvalue weighted by atomic mass is 9.98. The second-order valence-corrected chi connectivity index (χ2v) is 6.19. The molecule has 0 saturated heterocycles. The summed E-state index contributed by atoms with van der Waals surface area (Å²) in [7, 11) is 0. The largest absolute Gasteiger partial charge is 0.326 e. The lowest BCUT2D eigenvalue weighted by molar-refractivity contribution is 0.586. The molecule has 0 unspecified atom stereocenters. The maximum Gasteiger partial charge on any atom is 0.0989 e. The highest BCUT2D eigenvalue weighted by atomic mass is 32.1. The van der Waals surface area contributed by atoms with Crippen LogP contribution < -0.4 is 5.73 Å². The van der Waals surface area contributed by atoms with Crippen molar-refractivity contribution in [3.63, 3.8) is 0 Å². The molecule has 0 amide bonds. The van der Waals surface area contributed by atoms with E-state index in [-0.39, 0.29) is 5.41 Å². The third kappa shape index (κ3) is 2.56. The van der Waals surface area contributed by atoms with Crippen molar-refractivity contribution in [2.24, 2.45) is 5.73 Å². The van der Waals surface area contributed by atoms with Crippen molar-refractivity contribution in [2.45, 2.75) is 32.7 Å². The van der Waals surface area contributed by atoms with Crippen LogP contribution in [0.2, 0.25) is 0 Å². The zero-order valence-electron chi connectivity index (χ0n) is 10.5. The minimum absolute atomic E-state index is 0.0849. The molecule has 17 heavy (non-hydrogen) atoms. The minimum atomic E-state index is 0.0849. The van der Waals surface area contributed by atoms with Crippen LogP contribution in [0.1, 0.15) is 30.7 Å². The summed E-state index contributed by atoms with van der Waals surface area (Å²) in [6, 6.07) is 10.3. The zero-order valence-corrected chi connectivity index (χ0v) is 11.3. The Hall–Kier alpha value is -1.19. The van der Waals surface area contributed by atoms with E-state index in [2.05, 4.69) is 32.9 Å². The summed E-state index contributed by atoms with van der Waals surface area (Å²) in [5.41, 5.74) is 8.10. The zero-order chi connectivity index (χ0) is 12.5. The molecule has 2 aromatic rings. The minimum Gasteiger partial charge on any atom is -0.326 e. The quantitative estimate of drug-likeness (QED) is 0.880. The molecule has 0 aliphatic heterocycles. The van der Waals surface area contributed by atoms with Crippen LogP contribution in [0, 0.1) is 0 Å². The highest BCUT2D eigenvalue weighted by Crippen LogP contribution is 2.33. The number of hydrogen-bond donors (Lipinski definition) is 1. The third-order valence-corrected chi connectivity index (χ3v) is 4.07. The highest BCUT2D eigenvalue weighted by Gasteiger charge is 2.21. The molecule has 0 spiro atoms. The molecule has 2 rings (SSSR count). The number of nitrogens with zero attached hydrogens (tertiary/aromatic N) is 1. The summed E-state index contributed by atoms with van der Waals surface area (Å²) in [5.74, 6) is 0. The average Bonchev–Trinajstić information content (AvgIpc) is 2.73. The van der Waals surface area contributed by atoms with Gasteiger partial charge in [0.25, 0.3) is 0 Å². The molecule has 0 aliphatic rings. The molecule has 0 saturated carbocycles. The Morgan fingerprint density at radius 1 is 1.18 bits per heavy atom. The van der Waals surface area contributed by atoms with Crippen molar-refractivity contribution in [1.82, 2.24) is 4.98 Å². The molecule has 1 aromatic carbocycles. The summed E-state index contributed by atoms with van der Waals surface area (Å²) >= 11 is 1.73. The van der Waals surface area contributed by atoms with Crippen molar-refractivity contribution < 1.29 is 0 Å². The molecule has 1 aromatic heterocycles. The van der Waals surface area contributed by atoms with Crippen LogP contribution in [0.15, 0.2) is 30.3 Å². The van der Waals surface area contributed by atoms with Gasteiger partial charge in [-0.1, -0.05) is 51.1 Å². The molecule has 0 aliphatic carbocycles. The van der Waals surface area contributed by atoms with Gasteiger partial charge in [0.1, 0.15) is 0 Å². The number of benzene rings is 1. The lowest BCUT2D eigenvalue weighted by Gasteiger charge is -2.13. The summed E-state index contributed by atoms with van der Waals surface area (Å²) < 4.78 is 0. The van der Waals surface area contributed by atoms with Crippen LogP contribution >= 0.6 is 11.3 Å². The van der Waals surface area contributed by atoms with Crippen LogP contribution in [-0.4, -0.2) is 4.98 Å². The van der Waals surface area contributed by atoms with Crippen molar-refractivity contribution in [2.75, 3.05) is 0 Å². The summed E-state index contributed by atoms with van der Waals surface area (Å²) in [6.45, 7) is 7.10. The summed E-state index contributed by atoms with van der Waals surface area (Å²) in [6.07, 6.45) is 0. The normalized spacial score (nSPS) is 11.8. The van der Waals surface area contributed by atoms with Gasteiger partial charge in [-0.05, 0) is 0 Å². The fourth-order valence-corrected chi connectivity index (χ4v) is 2.65.